The Morgan fingerprint density at radius 2 is 2.24 bits per heavy atom. The van der Waals surface area contributed by atoms with E-state index in [2.05, 4.69) is 11.2 Å². The Bertz CT molecular complexity index is 407. The highest BCUT2D eigenvalue weighted by atomic mass is 16.4. The lowest BCUT2D eigenvalue weighted by atomic mass is 10.1. The van der Waals surface area contributed by atoms with Crippen molar-refractivity contribution >= 4 is 5.97 Å². The van der Waals surface area contributed by atoms with Gasteiger partial charge >= 0.3 is 5.97 Å². The minimum Gasteiger partial charge on any atom is -0.478 e. The van der Waals surface area contributed by atoms with E-state index >= 15 is 0 Å². The average Bonchev–Trinajstić information content (AvgIpc) is 2.34. The van der Waals surface area contributed by atoms with E-state index in [-0.39, 0.29) is 0 Å². The molecule has 0 saturated carbocycles. The summed E-state index contributed by atoms with van der Waals surface area (Å²) in [6.45, 7) is 1.59. The first-order chi connectivity index (χ1) is 8.24. The summed E-state index contributed by atoms with van der Waals surface area (Å²) in [4.78, 5) is 10.8. The zero-order chi connectivity index (χ0) is 12.5. The van der Waals surface area contributed by atoms with E-state index in [0.717, 1.165) is 31.4 Å². The Morgan fingerprint density at radius 1 is 1.41 bits per heavy atom. The molecule has 0 atom stereocenters. The molecule has 0 unspecified atom stereocenters. The maximum absolute atomic E-state index is 10.8. The van der Waals surface area contributed by atoms with Crippen LogP contribution < -0.4 is 5.32 Å². The molecule has 0 amide bonds. The summed E-state index contributed by atoms with van der Waals surface area (Å²) in [5.41, 5.74) is 1.32. The minimum atomic E-state index is -0.888. The van der Waals surface area contributed by atoms with E-state index in [1.54, 1.807) is 18.2 Å². The van der Waals surface area contributed by atoms with Crippen molar-refractivity contribution in [1.29, 1.82) is 0 Å². The van der Waals surface area contributed by atoms with Crippen LogP contribution in [0.4, 0.5) is 0 Å². The molecule has 0 aliphatic rings. The zero-order valence-corrected chi connectivity index (χ0v) is 9.78. The van der Waals surface area contributed by atoms with Crippen molar-refractivity contribution in [3.8, 4) is 12.3 Å². The van der Waals surface area contributed by atoms with E-state index in [1.165, 1.54) is 0 Å². The van der Waals surface area contributed by atoms with Crippen molar-refractivity contribution in [3.05, 3.63) is 35.4 Å². The van der Waals surface area contributed by atoms with Crippen LogP contribution in [-0.2, 0) is 6.54 Å². The summed E-state index contributed by atoms with van der Waals surface area (Å²) in [6, 6.07) is 6.97. The van der Waals surface area contributed by atoms with Crippen LogP contribution in [0.15, 0.2) is 24.3 Å². The summed E-state index contributed by atoms with van der Waals surface area (Å²) >= 11 is 0. The van der Waals surface area contributed by atoms with Gasteiger partial charge in [0.2, 0.25) is 0 Å². The zero-order valence-electron chi connectivity index (χ0n) is 9.78. The smallest absolute Gasteiger partial charge is 0.335 e. The van der Waals surface area contributed by atoms with Crippen LogP contribution in [0, 0.1) is 12.3 Å². The van der Waals surface area contributed by atoms with Crippen molar-refractivity contribution in [1.82, 2.24) is 5.32 Å². The van der Waals surface area contributed by atoms with Crippen LogP contribution in [0.3, 0.4) is 0 Å². The standard InChI is InChI=1S/C14H17NO2/c1-2-3-4-5-9-15-11-12-7-6-8-13(10-12)14(16)17/h1,6-8,10,15H,3-5,9,11H2,(H,16,17). The first kappa shape index (κ1) is 13.3. The molecule has 17 heavy (non-hydrogen) atoms. The average molecular weight is 231 g/mol. The SMILES string of the molecule is C#CCCCCNCc1cccc(C(=O)O)c1. The molecule has 1 aromatic rings. The van der Waals surface area contributed by atoms with Gasteiger partial charge in [0.25, 0.3) is 0 Å². The Balaban J connectivity index is 2.30. The van der Waals surface area contributed by atoms with Gasteiger partial charge in [-0.3, -0.25) is 0 Å². The molecule has 0 heterocycles. The lowest BCUT2D eigenvalue weighted by molar-refractivity contribution is 0.0697. The number of benzene rings is 1. The van der Waals surface area contributed by atoms with Crippen molar-refractivity contribution in [2.24, 2.45) is 0 Å². The number of hydrogen-bond acceptors (Lipinski definition) is 2. The molecule has 0 aliphatic heterocycles. The number of carbonyl (C=O) groups is 1. The van der Waals surface area contributed by atoms with E-state index in [1.807, 2.05) is 6.07 Å². The fourth-order valence-corrected chi connectivity index (χ4v) is 1.52. The van der Waals surface area contributed by atoms with Crippen LogP contribution in [0.5, 0.6) is 0 Å². The first-order valence-electron chi connectivity index (χ1n) is 5.70. The van der Waals surface area contributed by atoms with Gasteiger partial charge in [-0.2, -0.15) is 0 Å². The molecular weight excluding hydrogens is 214 g/mol. The second-order valence-corrected chi connectivity index (χ2v) is 3.84. The van der Waals surface area contributed by atoms with Crippen molar-refractivity contribution in [2.75, 3.05) is 6.54 Å². The Labute approximate surface area is 102 Å². The lowest BCUT2D eigenvalue weighted by Gasteiger charge is -2.05. The van der Waals surface area contributed by atoms with Crippen molar-refractivity contribution in [2.45, 2.75) is 25.8 Å². The first-order valence-corrected chi connectivity index (χ1v) is 5.70. The number of nitrogens with one attached hydrogen (secondary N) is 1. The van der Waals surface area contributed by atoms with Gasteiger partial charge in [-0.05, 0) is 37.1 Å². The van der Waals surface area contributed by atoms with E-state index in [9.17, 15) is 4.79 Å². The molecule has 1 rings (SSSR count). The highest BCUT2D eigenvalue weighted by molar-refractivity contribution is 5.87. The number of aromatic carboxylic acids is 1. The minimum absolute atomic E-state index is 0.330. The quantitative estimate of drug-likeness (QED) is 0.559. The molecule has 0 radical (unpaired) electrons. The molecule has 0 bridgehead atoms. The molecule has 0 aromatic heterocycles. The summed E-state index contributed by atoms with van der Waals surface area (Å²) in [7, 11) is 0. The molecule has 0 saturated heterocycles. The van der Waals surface area contributed by atoms with Gasteiger partial charge in [-0.1, -0.05) is 12.1 Å². The number of terminal acetylenes is 1. The summed E-state index contributed by atoms with van der Waals surface area (Å²) in [6.07, 6.45) is 8.04. The van der Waals surface area contributed by atoms with Gasteiger partial charge in [0.15, 0.2) is 0 Å². The summed E-state index contributed by atoms with van der Waals surface area (Å²) < 4.78 is 0. The molecule has 0 fully saturated rings. The fraction of sp³-hybridized carbons (Fsp3) is 0.357. The van der Waals surface area contributed by atoms with Crippen LogP contribution in [-0.4, -0.2) is 17.6 Å². The Morgan fingerprint density at radius 3 is 2.94 bits per heavy atom. The number of carboxylic acid groups (broad SMARTS) is 1. The number of hydrogen-bond donors (Lipinski definition) is 2. The molecular formula is C14H17NO2. The predicted octanol–water partition coefficient (Wildman–Crippen LogP) is 2.28. The van der Waals surface area contributed by atoms with Gasteiger partial charge in [0.1, 0.15) is 0 Å². The third-order valence-corrected chi connectivity index (χ3v) is 2.43. The molecule has 3 heteroatoms. The van der Waals surface area contributed by atoms with Gasteiger partial charge in [-0.25, -0.2) is 4.79 Å². The molecule has 2 N–H and O–H groups in total. The van der Waals surface area contributed by atoms with E-state index in [4.69, 9.17) is 11.5 Å². The van der Waals surface area contributed by atoms with Crippen molar-refractivity contribution in [3.63, 3.8) is 0 Å². The Hall–Kier alpha value is -1.79. The number of carboxylic acids is 1. The second kappa shape index (κ2) is 7.48. The van der Waals surface area contributed by atoms with Crippen molar-refractivity contribution < 1.29 is 9.90 Å². The largest absolute Gasteiger partial charge is 0.478 e. The molecule has 3 nitrogen and oxygen atoms in total. The van der Waals surface area contributed by atoms with Crippen LogP contribution in [0.25, 0.3) is 0 Å². The van der Waals surface area contributed by atoms with Crippen LogP contribution in [0.1, 0.15) is 35.2 Å². The van der Waals surface area contributed by atoms with E-state index < -0.39 is 5.97 Å². The second-order valence-electron chi connectivity index (χ2n) is 3.84. The molecule has 0 aliphatic carbocycles. The molecule has 0 spiro atoms. The Kier molecular flexibility index (Phi) is 5.84. The molecule has 1 aromatic carbocycles. The monoisotopic (exact) mass is 231 g/mol. The van der Waals surface area contributed by atoms with E-state index in [0.29, 0.717) is 12.1 Å². The normalized spacial score (nSPS) is 9.82. The van der Waals surface area contributed by atoms with Gasteiger partial charge < -0.3 is 10.4 Å². The topological polar surface area (TPSA) is 49.3 Å². The maximum atomic E-state index is 10.8. The van der Waals surface area contributed by atoms with Gasteiger partial charge in [0, 0.05) is 13.0 Å². The highest BCUT2D eigenvalue weighted by Gasteiger charge is 2.02. The third-order valence-electron chi connectivity index (χ3n) is 2.43. The van der Waals surface area contributed by atoms with Gasteiger partial charge in [0.05, 0.1) is 5.56 Å². The lowest BCUT2D eigenvalue weighted by Crippen LogP contribution is -2.14. The summed E-state index contributed by atoms with van der Waals surface area (Å²) in [5, 5.41) is 12.1. The van der Waals surface area contributed by atoms with Crippen LogP contribution in [0.2, 0.25) is 0 Å². The fourth-order valence-electron chi connectivity index (χ4n) is 1.52. The summed E-state index contributed by atoms with van der Waals surface area (Å²) in [5.74, 6) is 1.72. The molecule has 90 valence electrons. The highest BCUT2D eigenvalue weighted by Crippen LogP contribution is 2.05. The van der Waals surface area contributed by atoms with Crippen LogP contribution >= 0.6 is 0 Å². The third kappa shape index (κ3) is 5.19. The number of unbranched alkanes of at least 4 members (excludes halogenated alkanes) is 2. The predicted molar refractivity (Wildman–Crippen MR) is 67.8 cm³/mol. The maximum Gasteiger partial charge on any atom is 0.335 e. The number of rotatable bonds is 7. The van der Waals surface area contributed by atoms with Gasteiger partial charge in [-0.15, -0.1) is 12.3 Å².